The third kappa shape index (κ3) is 3.00. The lowest BCUT2D eigenvalue weighted by Gasteiger charge is -2.26. The van der Waals surface area contributed by atoms with Crippen molar-refractivity contribution in [3.63, 3.8) is 0 Å². The lowest BCUT2D eigenvalue weighted by Crippen LogP contribution is -2.38. The molecule has 0 amide bonds. The Hall–Kier alpha value is -2.27. The average Bonchev–Trinajstić information content (AvgIpc) is 2.49. The van der Waals surface area contributed by atoms with Crippen LogP contribution in [0, 0.1) is 0 Å². The van der Waals surface area contributed by atoms with E-state index in [-0.39, 0.29) is 11.9 Å². The van der Waals surface area contributed by atoms with Crippen LogP contribution in [0.4, 0.5) is 0 Å². The van der Waals surface area contributed by atoms with E-state index in [0.29, 0.717) is 19.7 Å². The SMILES string of the molecule is Oc1ccc(CNCC2COc3ccccc3O2)nc1. The molecule has 1 unspecified atom stereocenters. The number of benzene rings is 1. The van der Waals surface area contributed by atoms with E-state index in [0.717, 1.165) is 17.2 Å². The van der Waals surface area contributed by atoms with Crippen molar-refractivity contribution < 1.29 is 14.6 Å². The number of rotatable bonds is 4. The first kappa shape index (κ1) is 12.7. The number of fused-ring (bicyclic) bond motifs is 1. The number of ether oxygens (including phenoxy) is 2. The molecule has 20 heavy (non-hydrogen) atoms. The minimum absolute atomic E-state index is 0.0120. The molecule has 2 heterocycles. The maximum absolute atomic E-state index is 9.16. The highest BCUT2D eigenvalue weighted by Crippen LogP contribution is 2.30. The van der Waals surface area contributed by atoms with Crippen LogP contribution in [0.25, 0.3) is 0 Å². The van der Waals surface area contributed by atoms with Gasteiger partial charge in [-0.25, -0.2) is 0 Å². The lowest BCUT2D eigenvalue weighted by molar-refractivity contribution is 0.0901. The molecule has 1 aliphatic rings. The van der Waals surface area contributed by atoms with Crippen molar-refractivity contribution in [2.24, 2.45) is 0 Å². The van der Waals surface area contributed by atoms with Gasteiger partial charge in [0.15, 0.2) is 11.5 Å². The number of hydrogen-bond donors (Lipinski definition) is 2. The van der Waals surface area contributed by atoms with Gasteiger partial charge in [-0.15, -0.1) is 0 Å². The zero-order chi connectivity index (χ0) is 13.8. The van der Waals surface area contributed by atoms with Crippen LogP contribution in [0.3, 0.4) is 0 Å². The Balaban J connectivity index is 1.49. The Morgan fingerprint density at radius 3 is 2.85 bits per heavy atom. The van der Waals surface area contributed by atoms with Gasteiger partial charge in [-0.05, 0) is 24.3 Å². The fourth-order valence-electron chi connectivity index (χ4n) is 2.05. The Bertz CT molecular complexity index is 572. The second kappa shape index (κ2) is 5.79. The third-order valence-corrected chi connectivity index (χ3v) is 3.05. The Morgan fingerprint density at radius 2 is 2.05 bits per heavy atom. The van der Waals surface area contributed by atoms with E-state index < -0.39 is 0 Å². The van der Waals surface area contributed by atoms with Gasteiger partial charge in [0, 0.05) is 13.1 Å². The smallest absolute Gasteiger partial charge is 0.161 e. The molecule has 1 aliphatic heterocycles. The van der Waals surface area contributed by atoms with Gasteiger partial charge in [0.2, 0.25) is 0 Å². The van der Waals surface area contributed by atoms with Crippen molar-refractivity contribution in [3.8, 4) is 17.2 Å². The maximum atomic E-state index is 9.16. The molecule has 0 saturated heterocycles. The number of hydrogen-bond acceptors (Lipinski definition) is 5. The van der Waals surface area contributed by atoms with Crippen molar-refractivity contribution in [2.75, 3.05) is 13.2 Å². The molecule has 1 aromatic heterocycles. The number of aromatic nitrogens is 1. The highest BCUT2D eigenvalue weighted by atomic mass is 16.6. The third-order valence-electron chi connectivity index (χ3n) is 3.05. The van der Waals surface area contributed by atoms with Crippen molar-refractivity contribution >= 4 is 0 Å². The normalized spacial score (nSPS) is 16.9. The first-order chi connectivity index (χ1) is 9.81. The summed E-state index contributed by atoms with van der Waals surface area (Å²) in [5.41, 5.74) is 0.875. The molecule has 2 N–H and O–H groups in total. The van der Waals surface area contributed by atoms with Crippen LogP contribution < -0.4 is 14.8 Å². The van der Waals surface area contributed by atoms with Gasteiger partial charge >= 0.3 is 0 Å². The van der Waals surface area contributed by atoms with E-state index in [2.05, 4.69) is 10.3 Å². The molecule has 0 radical (unpaired) electrons. The molecular weight excluding hydrogens is 256 g/mol. The maximum Gasteiger partial charge on any atom is 0.161 e. The van der Waals surface area contributed by atoms with Gasteiger partial charge < -0.3 is 19.9 Å². The lowest BCUT2D eigenvalue weighted by atomic mass is 10.2. The topological polar surface area (TPSA) is 63.6 Å². The van der Waals surface area contributed by atoms with Crippen LogP contribution in [0.15, 0.2) is 42.6 Å². The van der Waals surface area contributed by atoms with Crippen LogP contribution in [0.1, 0.15) is 5.69 Å². The number of nitrogens with zero attached hydrogens (tertiary/aromatic N) is 1. The Kier molecular flexibility index (Phi) is 3.69. The summed E-state index contributed by atoms with van der Waals surface area (Å²) in [6, 6.07) is 11.1. The molecule has 1 atom stereocenters. The van der Waals surface area contributed by atoms with Gasteiger partial charge in [0.25, 0.3) is 0 Å². The van der Waals surface area contributed by atoms with E-state index in [9.17, 15) is 0 Å². The van der Waals surface area contributed by atoms with Gasteiger partial charge in [0.05, 0.1) is 11.9 Å². The summed E-state index contributed by atoms with van der Waals surface area (Å²) in [5.74, 6) is 1.76. The van der Waals surface area contributed by atoms with E-state index in [4.69, 9.17) is 14.6 Å². The number of pyridine rings is 1. The minimum Gasteiger partial charge on any atom is -0.506 e. The molecule has 5 nitrogen and oxygen atoms in total. The van der Waals surface area contributed by atoms with Gasteiger partial charge in [0.1, 0.15) is 18.5 Å². The van der Waals surface area contributed by atoms with Gasteiger partial charge in [-0.3, -0.25) is 4.98 Å². The summed E-state index contributed by atoms with van der Waals surface area (Å²) in [5, 5.41) is 12.4. The molecule has 0 aliphatic carbocycles. The monoisotopic (exact) mass is 272 g/mol. The molecule has 5 heteroatoms. The van der Waals surface area contributed by atoms with E-state index in [1.54, 1.807) is 12.1 Å². The summed E-state index contributed by atoms with van der Waals surface area (Å²) in [7, 11) is 0. The molecule has 0 saturated carbocycles. The minimum atomic E-state index is -0.0120. The van der Waals surface area contributed by atoms with Gasteiger partial charge in [-0.1, -0.05) is 12.1 Å². The molecule has 3 rings (SSSR count). The first-order valence-corrected chi connectivity index (χ1v) is 6.54. The van der Waals surface area contributed by atoms with Crippen molar-refractivity contribution in [2.45, 2.75) is 12.6 Å². The number of aromatic hydroxyl groups is 1. The zero-order valence-electron chi connectivity index (χ0n) is 11.0. The van der Waals surface area contributed by atoms with E-state index >= 15 is 0 Å². The van der Waals surface area contributed by atoms with Crippen molar-refractivity contribution in [1.29, 1.82) is 0 Å². The zero-order valence-corrected chi connectivity index (χ0v) is 11.0. The van der Waals surface area contributed by atoms with Crippen LogP contribution >= 0.6 is 0 Å². The molecular formula is C15H16N2O3. The molecule has 0 fully saturated rings. The van der Waals surface area contributed by atoms with Crippen molar-refractivity contribution in [1.82, 2.24) is 10.3 Å². The van der Waals surface area contributed by atoms with Crippen LogP contribution in [0.2, 0.25) is 0 Å². The van der Waals surface area contributed by atoms with Crippen LogP contribution in [-0.4, -0.2) is 29.3 Å². The summed E-state index contributed by atoms with van der Waals surface area (Å²) in [4.78, 5) is 4.11. The highest BCUT2D eigenvalue weighted by Gasteiger charge is 2.19. The number of para-hydroxylation sites is 2. The van der Waals surface area contributed by atoms with E-state index in [1.165, 1.54) is 6.20 Å². The number of nitrogens with one attached hydrogen (secondary N) is 1. The summed E-state index contributed by atoms with van der Waals surface area (Å²) in [6.45, 7) is 1.84. The standard InChI is InChI=1S/C15H16N2O3/c18-12-6-5-11(17-8-12)7-16-9-13-10-19-14-3-1-2-4-15(14)20-13/h1-6,8,13,16,18H,7,9-10H2. The highest BCUT2D eigenvalue weighted by molar-refractivity contribution is 5.40. The predicted molar refractivity (Wildman–Crippen MR) is 74.0 cm³/mol. The fraction of sp³-hybridized carbons (Fsp3) is 0.267. The van der Waals surface area contributed by atoms with Crippen LogP contribution in [-0.2, 0) is 6.54 Å². The van der Waals surface area contributed by atoms with Crippen LogP contribution in [0.5, 0.6) is 17.2 Å². The summed E-state index contributed by atoms with van der Waals surface area (Å²) in [6.07, 6.45) is 1.43. The molecule has 0 spiro atoms. The fourth-order valence-corrected chi connectivity index (χ4v) is 2.05. The first-order valence-electron chi connectivity index (χ1n) is 6.54. The Morgan fingerprint density at radius 1 is 1.20 bits per heavy atom. The van der Waals surface area contributed by atoms with E-state index in [1.807, 2.05) is 24.3 Å². The predicted octanol–water partition coefficient (Wildman–Crippen LogP) is 1.72. The van der Waals surface area contributed by atoms with Crippen molar-refractivity contribution in [3.05, 3.63) is 48.3 Å². The molecule has 0 bridgehead atoms. The molecule has 1 aromatic carbocycles. The van der Waals surface area contributed by atoms with Gasteiger partial charge in [-0.2, -0.15) is 0 Å². The second-order valence-electron chi connectivity index (χ2n) is 4.64. The Labute approximate surface area is 117 Å². The molecule has 2 aromatic rings. The summed E-state index contributed by atoms with van der Waals surface area (Å²) >= 11 is 0. The largest absolute Gasteiger partial charge is 0.506 e. The molecule has 104 valence electrons. The second-order valence-corrected chi connectivity index (χ2v) is 4.64. The average molecular weight is 272 g/mol. The quantitative estimate of drug-likeness (QED) is 0.887. The summed E-state index contributed by atoms with van der Waals surface area (Å²) < 4.78 is 11.5.